The van der Waals surface area contributed by atoms with Crippen LogP contribution >= 0.6 is 24.0 Å². The van der Waals surface area contributed by atoms with Gasteiger partial charge < -0.3 is 25.6 Å². The van der Waals surface area contributed by atoms with E-state index >= 15 is 0 Å². The molecule has 0 aliphatic carbocycles. The second-order valence-corrected chi connectivity index (χ2v) is 7.23. The van der Waals surface area contributed by atoms with Crippen LogP contribution in [0.15, 0.2) is 53.5 Å². The van der Waals surface area contributed by atoms with Crippen LogP contribution in [0.4, 0.5) is 19.3 Å². The largest absolute Gasteiger partial charge is 0.435 e. The number of alkyl halides is 2. The van der Waals surface area contributed by atoms with Crippen LogP contribution < -0.4 is 20.7 Å². The van der Waals surface area contributed by atoms with Gasteiger partial charge in [0.25, 0.3) is 0 Å². The molecule has 2 aromatic carbocycles. The number of guanidine groups is 1. The second kappa shape index (κ2) is 13.7. The van der Waals surface area contributed by atoms with Crippen LogP contribution in [0.25, 0.3) is 0 Å². The third kappa shape index (κ3) is 9.67. The van der Waals surface area contributed by atoms with E-state index < -0.39 is 6.61 Å². The number of hydrogen-bond donors (Lipinski definition) is 3. The Labute approximate surface area is 204 Å². The highest BCUT2D eigenvalue weighted by Crippen LogP contribution is 2.16. The van der Waals surface area contributed by atoms with Crippen molar-refractivity contribution in [2.45, 2.75) is 39.6 Å². The molecule has 0 unspecified atom stereocenters. The van der Waals surface area contributed by atoms with Crippen LogP contribution in [0.5, 0.6) is 5.75 Å². The number of urea groups is 1. The van der Waals surface area contributed by atoms with Gasteiger partial charge in [0.15, 0.2) is 5.96 Å². The third-order valence-corrected chi connectivity index (χ3v) is 4.22. The fourth-order valence-electron chi connectivity index (χ4n) is 2.83. The SMILES string of the molecule is CN=C(NCc1ccc(NC(=O)NC(C)C)cc1)N(C)Cc1ccc(OC(F)F)cc1.I. The summed E-state index contributed by atoms with van der Waals surface area (Å²) in [6.45, 7) is 2.06. The molecule has 0 aliphatic rings. The van der Waals surface area contributed by atoms with Gasteiger partial charge in [-0.05, 0) is 49.2 Å². The Bertz CT molecular complexity index is 862. The van der Waals surface area contributed by atoms with Gasteiger partial charge in [0.05, 0.1) is 0 Å². The molecule has 0 saturated carbocycles. The van der Waals surface area contributed by atoms with Gasteiger partial charge in [-0.1, -0.05) is 24.3 Å². The van der Waals surface area contributed by atoms with Gasteiger partial charge in [-0.2, -0.15) is 8.78 Å². The lowest BCUT2D eigenvalue weighted by molar-refractivity contribution is -0.0498. The highest BCUT2D eigenvalue weighted by atomic mass is 127. The molecule has 0 spiro atoms. The van der Waals surface area contributed by atoms with Crippen LogP contribution in [-0.4, -0.2) is 43.6 Å². The molecule has 0 fully saturated rings. The van der Waals surface area contributed by atoms with Crippen molar-refractivity contribution in [3.05, 3.63) is 59.7 Å². The van der Waals surface area contributed by atoms with E-state index in [4.69, 9.17) is 0 Å². The van der Waals surface area contributed by atoms with Crippen molar-refractivity contribution in [1.82, 2.24) is 15.5 Å². The summed E-state index contributed by atoms with van der Waals surface area (Å²) in [5.41, 5.74) is 2.67. The van der Waals surface area contributed by atoms with Crippen LogP contribution in [0.2, 0.25) is 0 Å². The Morgan fingerprint density at radius 2 is 1.66 bits per heavy atom. The average molecular weight is 561 g/mol. The molecule has 0 atom stereocenters. The van der Waals surface area contributed by atoms with E-state index in [-0.39, 0.29) is 41.8 Å². The lowest BCUT2D eigenvalue weighted by Gasteiger charge is -2.22. The molecule has 32 heavy (non-hydrogen) atoms. The quantitative estimate of drug-likeness (QED) is 0.249. The molecule has 176 valence electrons. The van der Waals surface area contributed by atoms with Crippen LogP contribution in [0, 0.1) is 0 Å². The number of nitrogens with one attached hydrogen (secondary N) is 3. The number of amides is 2. The van der Waals surface area contributed by atoms with Crippen molar-refractivity contribution >= 4 is 41.7 Å². The summed E-state index contributed by atoms with van der Waals surface area (Å²) in [5.74, 6) is 0.815. The molecule has 10 heteroatoms. The molecule has 0 aromatic heterocycles. The fourth-order valence-corrected chi connectivity index (χ4v) is 2.83. The smallest absolute Gasteiger partial charge is 0.387 e. The summed E-state index contributed by atoms with van der Waals surface area (Å²) >= 11 is 0. The first-order valence-electron chi connectivity index (χ1n) is 9.89. The molecule has 0 heterocycles. The molecular formula is C22H30F2IN5O2. The summed E-state index contributed by atoms with van der Waals surface area (Å²) < 4.78 is 28.9. The summed E-state index contributed by atoms with van der Waals surface area (Å²) in [6.07, 6.45) is 0. The maximum atomic E-state index is 12.3. The Balaban J connectivity index is 0.00000512. The molecule has 2 amide bonds. The molecule has 0 saturated heterocycles. The third-order valence-electron chi connectivity index (χ3n) is 4.22. The van der Waals surface area contributed by atoms with Gasteiger partial charge in [0.1, 0.15) is 5.75 Å². The number of hydrogen-bond acceptors (Lipinski definition) is 3. The van der Waals surface area contributed by atoms with E-state index in [1.165, 1.54) is 12.1 Å². The van der Waals surface area contributed by atoms with Crippen molar-refractivity contribution in [3.8, 4) is 5.75 Å². The lowest BCUT2D eigenvalue weighted by atomic mass is 10.2. The monoisotopic (exact) mass is 561 g/mol. The maximum Gasteiger partial charge on any atom is 0.387 e. The first-order chi connectivity index (χ1) is 14.8. The summed E-state index contributed by atoms with van der Waals surface area (Å²) in [6, 6.07) is 13.9. The van der Waals surface area contributed by atoms with Crippen LogP contribution in [0.1, 0.15) is 25.0 Å². The van der Waals surface area contributed by atoms with Gasteiger partial charge in [0.2, 0.25) is 0 Å². The molecule has 2 rings (SSSR count). The molecule has 2 aromatic rings. The number of ether oxygens (including phenoxy) is 1. The first-order valence-corrected chi connectivity index (χ1v) is 9.89. The van der Waals surface area contributed by atoms with Crippen molar-refractivity contribution in [3.63, 3.8) is 0 Å². The Morgan fingerprint density at radius 1 is 1.06 bits per heavy atom. The normalized spacial score (nSPS) is 11.1. The Kier molecular flexibility index (Phi) is 11.7. The zero-order valence-corrected chi connectivity index (χ0v) is 20.9. The zero-order valence-electron chi connectivity index (χ0n) is 18.6. The highest BCUT2D eigenvalue weighted by molar-refractivity contribution is 14.0. The minimum atomic E-state index is -2.83. The second-order valence-electron chi connectivity index (χ2n) is 7.23. The standard InChI is InChI=1S/C22H29F2N5O2.HI/c1-15(2)27-22(30)28-18-9-5-16(6-10-18)13-26-21(25-3)29(4)14-17-7-11-19(12-8-17)31-20(23)24;/h5-12,15,20H,13-14H2,1-4H3,(H,25,26)(H2,27,28,30);1H. The average Bonchev–Trinajstić information content (AvgIpc) is 2.70. The zero-order chi connectivity index (χ0) is 22.8. The number of benzene rings is 2. The minimum Gasteiger partial charge on any atom is -0.435 e. The van der Waals surface area contributed by atoms with E-state index in [1.807, 2.05) is 50.1 Å². The van der Waals surface area contributed by atoms with E-state index in [2.05, 4.69) is 25.7 Å². The number of nitrogens with zero attached hydrogens (tertiary/aromatic N) is 2. The van der Waals surface area contributed by atoms with Crippen molar-refractivity contribution in [1.29, 1.82) is 0 Å². The van der Waals surface area contributed by atoms with Crippen molar-refractivity contribution in [2.24, 2.45) is 4.99 Å². The number of anilines is 1. The molecule has 7 nitrogen and oxygen atoms in total. The minimum absolute atomic E-state index is 0. The highest BCUT2D eigenvalue weighted by Gasteiger charge is 2.09. The Morgan fingerprint density at radius 3 is 2.19 bits per heavy atom. The van der Waals surface area contributed by atoms with Crippen LogP contribution in [-0.2, 0) is 13.1 Å². The number of carbonyl (C=O) groups excluding carboxylic acids is 1. The number of rotatable bonds is 8. The number of aliphatic imine (C=N–C) groups is 1. The van der Waals surface area contributed by atoms with Crippen molar-refractivity contribution < 1.29 is 18.3 Å². The van der Waals surface area contributed by atoms with Gasteiger partial charge >= 0.3 is 12.6 Å². The molecule has 0 aliphatic heterocycles. The van der Waals surface area contributed by atoms with E-state index in [0.29, 0.717) is 24.7 Å². The molecule has 0 bridgehead atoms. The van der Waals surface area contributed by atoms with E-state index in [9.17, 15) is 13.6 Å². The van der Waals surface area contributed by atoms with Gasteiger partial charge in [0, 0.05) is 38.9 Å². The van der Waals surface area contributed by atoms with E-state index in [1.54, 1.807) is 19.2 Å². The van der Waals surface area contributed by atoms with Gasteiger partial charge in [-0.15, -0.1) is 24.0 Å². The molecular weight excluding hydrogens is 531 g/mol. The topological polar surface area (TPSA) is 78.0 Å². The lowest BCUT2D eigenvalue weighted by Crippen LogP contribution is -2.38. The molecule has 0 radical (unpaired) electrons. The number of carbonyl (C=O) groups is 1. The summed E-state index contributed by atoms with van der Waals surface area (Å²) in [5, 5.41) is 8.84. The van der Waals surface area contributed by atoms with Gasteiger partial charge in [-0.25, -0.2) is 4.79 Å². The van der Waals surface area contributed by atoms with Gasteiger partial charge in [-0.3, -0.25) is 4.99 Å². The van der Waals surface area contributed by atoms with Crippen molar-refractivity contribution in [2.75, 3.05) is 19.4 Å². The predicted octanol–water partition coefficient (Wildman–Crippen LogP) is 4.64. The van der Waals surface area contributed by atoms with E-state index in [0.717, 1.165) is 11.1 Å². The maximum absolute atomic E-state index is 12.3. The predicted molar refractivity (Wildman–Crippen MR) is 134 cm³/mol. The fraction of sp³-hybridized carbons (Fsp3) is 0.364. The summed E-state index contributed by atoms with van der Waals surface area (Å²) in [4.78, 5) is 18.0. The van der Waals surface area contributed by atoms with Crippen LogP contribution in [0.3, 0.4) is 0 Å². The first kappa shape index (κ1) is 27.4. The Hall–Kier alpha value is -2.63. The summed E-state index contributed by atoms with van der Waals surface area (Å²) in [7, 11) is 3.58. The molecule has 3 N–H and O–H groups in total. The number of halogens is 3.